The predicted octanol–water partition coefficient (Wildman–Crippen LogP) is 2.23. The summed E-state index contributed by atoms with van der Waals surface area (Å²) in [6.07, 6.45) is 1.70. The molecular formula is C15H18N2O3. The predicted molar refractivity (Wildman–Crippen MR) is 77.9 cm³/mol. The van der Waals surface area contributed by atoms with Crippen LogP contribution in [0.3, 0.4) is 0 Å². The van der Waals surface area contributed by atoms with Crippen LogP contribution in [-0.2, 0) is 4.79 Å². The van der Waals surface area contributed by atoms with Gasteiger partial charge in [0.1, 0.15) is 23.0 Å². The fourth-order valence-electron chi connectivity index (χ4n) is 1.86. The smallest absolute Gasteiger partial charge is 0.275 e. The molecule has 0 atom stereocenters. The fourth-order valence-corrected chi connectivity index (χ4v) is 1.86. The Morgan fingerprint density at radius 1 is 1.25 bits per heavy atom. The van der Waals surface area contributed by atoms with E-state index >= 15 is 0 Å². The molecule has 2 rings (SSSR count). The first-order valence-electron chi connectivity index (χ1n) is 6.38. The second kappa shape index (κ2) is 5.77. The van der Waals surface area contributed by atoms with Gasteiger partial charge in [0.2, 0.25) is 0 Å². The van der Waals surface area contributed by atoms with Crippen molar-refractivity contribution in [2.24, 2.45) is 10.9 Å². The Bertz CT molecular complexity index is 589. The highest BCUT2D eigenvalue weighted by atomic mass is 16.5. The van der Waals surface area contributed by atoms with Crippen LogP contribution in [0.1, 0.15) is 19.4 Å². The molecule has 1 amide bonds. The van der Waals surface area contributed by atoms with E-state index in [2.05, 4.69) is 10.3 Å². The summed E-state index contributed by atoms with van der Waals surface area (Å²) in [4.78, 5) is 16.2. The van der Waals surface area contributed by atoms with Crippen LogP contribution in [0, 0.1) is 5.92 Å². The molecule has 0 aromatic heterocycles. The van der Waals surface area contributed by atoms with Crippen molar-refractivity contribution in [1.29, 1.82) is 0 Å². The number of hydrogen-bond acceptors (Lipinski definition) is 4. The normalized spacial score (nSPS) is 16.4. The number of nitrogens with zero attached hydrogens (tertiary/aromatic N) is 1. The molecular weight excluding hydrogens is 256 g/mol. The summed E-state index contributed by atoms with van der Waals surface area (Å²) >= 11 is 0. The minimum atomic E-state index is -0.196. The first-order valence-corrected chi connectivity index (χ1v) is 6.38. The maximum atomic E-state index is 11.9. The molecule has 0 spiro atoms. The van der Waals surface area contributed by atoms with E-state index in [0.29, 0.717) is 23.0 Å². The SMILES string of the molecule is COc1ccc(OC)c(/C=C2\N=C(C(C)C)NC2=O)c1. The van der Waals surface area contributed by atoms with E-state index in [9.17, 15) is 4.79 Å². The number of carbonyl (C=O) groups excluding carboxylic acids is 1. The average molecular weight is 274 g/mol. The zero-order valence-electron chi connectivity index (χ0n) is 12.1. The van der Waals surface area contributed by atoms with E-state index < -0.39 is 0 Å². The van der Waals surface area contributed by atoms with Crippen molar-refractivity contribution in [3.8, 4) is 11.5 Å². The lowest BCUT2D eigenvalue weighted by molar-refractivity contribution is -0.115. The third-order valence-electron chi connectivity index (χ3n) is 2.99. The molecule has 1 aromatic rings. The number of amidine groups is 1. The van der Waals surface area contributed by atoms with Crippen molar-refractivity contribution in [3.63, 3.8) is 0 Å². The molecule has 0 aliphatic carbocycles. The van der Waals surface area contributed by atoms with E-state index in [1.54, 1.807) is 32.4 Å². The Kier molecular flexibility index (Phi) is 4.08. The van der Waals surface area contributed by atoms with Gasteiger partial charge in [-0.15, -0.1) is 0 Å². The molecule has 1 N–H and O–H groups in total. The number of methoxy groups -OCH3 is 2. The third-order valence-corrected chi connectivity index (χ3v) is 2.99. The number of hydrogen-bond donors (Lipinski definition) is 1. The second-order valence-corrected chi connectivity index (χ2v) is 4.74. The van der Waals surface area contributed by atoms with Gasteiger partial charge in [0.05, 0.1) is 14.2 Å². The van der Waals surface area contributed by atoms with Crippen molar-refractivity contribution < 1.29 is 14.3 Å². The van der Waals surface area contributed by atoms with Crippen LogP contribution in [0.4, 0.5) is 0 Å². The Balaban J connectivity index is 2.42. The molecule has 0 fully saturated rings. The molecule has 1 aliphatic heterocycles. The van der Waals surface area contributed by atoms with Crippen LogP contribution in [0.5, 0.6) is 11.5 Å². The van der Waals surface area contributed by atoms with Crippen molar-refractivity contribution in [2.45, 2.75) is 13.8 Å². The molecule has 1 heterocycles. The van der Waals surface area contributed by atoms with E-state index in [4.69, 9.17) is 9.47 Å². The number of carbonyl (C=O) groups is 1. The number of nitrogens with one attached hydrogen (secondary N) is 1. The zero-order valence-corrected chi connectivity index (χ0v) is 12.1. The van der Waals surface area contributed by atoms with E-state index in [1.165, 1.54) is 0 Å². The number of rotatable bonds is 4. The van der Waals surface area contributed by atoms with E-state index in [1.807, 2.05) is 19.9 Å². The number of aliphatic imine (C=N–C) groups is 1. The van der Waals surface area contributed by atoms with Gasteiger partial charge >= 0.3 is 0 Å². The largest absolute Gasteiger partial charge is 0.497 e. The van der Waals surface area contributed by atoms with E-state index in [0.717, 1.165) is 5.56 Å². The summed E-state index contributed by atoms with van der Waals surface area (Å²) in [6, 6.07) is 5.41. The quantitative estimate of drug-likeness (QED) is 0.856. The van der Waals surface area contributed by atoms with Gasteiger partial charge in [-0.2, -0.15) is 0 Å². The van der Waals surface area contributed by atoms with Crippen LogP contribution >= 0.6 is 0 Å². The highest BCUT2D eigenvalue weighted by Gasteiger charge is 2.22. The molecule has 20 heavy (non-hydrogen) atoms. The highest BCUT2D eigenvalue weighted by Crippen LogP contribution is 2.27. The Morgan fingerprint density at radius 2 is 2.00 bits per heavy atom. The zero-order chi connectivity index (χ0) is 14.7. The monoisotopic (exact) mass is 274 g/mol. The summed E-state index contributed by atoms with van der Waals surface area (Å²) in [5.74, 6) is 2.03. The number of ether oxygens (including phenoxy) is 2. The summed E-state index contributed by atoms with van der Waals surface area (Å²) in [7, 11) is 3.18. The molecule has 0 radical (unpaired) electrons. The number of benzene rings is 1. The van der Waals surface area contributed by atoms with Crippen molar-refractivity contribution in [2.75, 3.05) is 14.2 Å². The standard InChI is InChI=1S/C15H18N2O3/c1-9(2)14-16-12(15(18)17-14)8-10-7-11(19-3)5-6-13(10)20-4/h5-9H,1-4H3,(H,16,17,18)/b12-8-. The highest BCUT2D eigenvalue weighted by molar-refractivity contribution is 6.14. The lowest BCUT2D eigenvalue weighted by Crippen LogP contribution is -2.27. The lowest BCUT2D eigenvalue weighted by atomic mass is 10.1. The first kappa shape index (κ1) is 14.1. The van der Waals surface area contributed by atoms with Crippen molar-refractivity contribution in [1.82, 2.24) is 5.32 Å². The molecule has 0 saturated carbocycles. The molecule has 1 aliphatic rings. The Hall–Kier alpha value is -2.30. The van der Waals surface area contributed by atoms with Gasteiger partial charge in [0.25, 0.3) is 5.91 Å². The third kappa shape index (κ3) is 2.82. The van der Waals surface area contributed by atoms with Crippen LogP contribution in [0.2, 0.25) is 0 Å². The number of amides is 1. The molecule has 106 valence electrons. The molecule has 0 unspecified atom stereocenters. The molecule has 0 saturated heterocycles. The average Bonchev–Trinajstić information content (AvgIpc) is 2.80. The topological polar surface area (TPSA) is 59.9 Å². The van der Waals surface area contributed by atoms with Gasteiger partial charge in [-0.3, -0.25) is 4.79 Å². The summed E-state index contributed by atoms with van der Waals surface area (Å²) in [6.45, 7) is 3.96. The van der Waals surface area contributed by atoms with Crippen LogP contribution < -0.4 is 14.8 Å². The summed E-state index contributed by atoms with van der Waals surface area (Å²) < 4.78 is 10.5. The van der Waals surface area contributed by atoms with E-state index in [-0.39, 0.29) is 11.8 Å². The minimum absolute atomic E-state index is 0.178. The maximum Gasteiger partial charge on any atom is 0.275 e. The second-order valence-electron chi connectivity index (χ2n) is 4.74. The van der Waals surface area contributed by atoms with Crippen molar-refractivity contribution in [3.05, 3.63) is 29.5 Å². The van der Waals surface area contributed by atoms with Crippen LogP contribution in [0.25, 0.3) is 6.08 Å². The van der Waals surface area contributed by atoms with Gasteiger partial charge in [-0.25, -0.2) is 4.99 Å². The van der Waals surface area contributed by atoms with Gasteiger partial charge in [0, 0.05) is 11.5 Å². The Labute approximate surface area is 118 Å². The van der Waals surface area contributed by atoms with Gasteiger partial charge in [-0.1, -0.05) is 13.8 Å². The molecule has 1 aromatic carbocycles. The van der Waals surface area contributed by atoms with Gasteiger partial charge in [-0.05, 0) is 24.3 Å². The first-order chi connectivity index (χ1) is 9.55. The maximum absolute atomic E-state index is 11.9. The molecule has 5 heteroatoms. The van der Waals surface area contributed by atoms with Crippen LogP contribution in [-0.4, -0.2) is 26.0 Å². The Morgan fingerprint density at radius 3 is 2.55 bits per heavy atom. The summed E-state index contributed by atoms with van der Waals surface area (Å²) in [5.41, 5.74) is 1.13. The lowest BCUT2D eigenvalue weighted by Gasteiger charge is -2.07. The van der Waals surface area contributed by atoms with Crippen LogP contribution in [0.15, 0.2) is 28.9 Å². The molecule has 0 bridgehead atoms. The minimum Gasteiger partial charge on any atom is -0.497 e. The fraction of sp³-hybridized carbons (Fsp3) is 0.333. The summed E-state index contributed by atoms with van der Waals surface area (Å²) in [5, 5.41) is 2.76. The molecule has 5 nitrogen and oxygen atoms in total. The van der Waals surface area contributed by atoms with Gasteiger partial charge in [0.15, 0.2) is 0 Å². The van der Waals surface area contributed by atoms with Gasteiger partial charge < -0.3 is 14.8 Å². The van der Waals surface area contributed by atoms with Crippen molar-refractivity contribution >= 4 is 17.8 Å².